The highest BCUT2D eigenvalue weighted by Gasteiger charge is 2.40. The molecule has 0 spiro atoms. The molecule has 1 aromatic carbocycles. The molecule has 2 aliphatic rings. The molecule has 0 radical (unpaired) electrons. The third kappa shape index (κ3) is 4.82. The van der Waals surface area contributed by atoms with Crippen LogP contribution in [0, 0.1) is 6.92 Å². The second-order valence-electron chi connectivity index (χ2n) is 9.61. The first-order valence-corrected chi connectivity index (χ1v) is 14.3. The van der Waals surface area contributed by atoms with Gasteiger partial charge in [0.05, 0.1) is 11.1 Å². The minimum Gasteiger partial charge on any atom is -0.349 e. The molecule has 2 aliphatic heterocycles. The summed E-state index contributed by atoms with van der Waals surface area (Å²) in [5.41, 5.74) is 2.40. The molecule has 2 unspecified atom stereocenters. The first-order chi connectivity index (χ1) is 17.4. The van der Waals surface area contributed by atoms with Crippen LogP contribution in [-0.4, -0.2) is 52.2 Å². The number of pyridine rings is 1. The van der Waals surface area contributed by atoms with E-state index in [1.807, 2.05) is 46.0 Å². The number of sulfonamides is 1. The van der Waals surface area contributed by atoms with Gasteiger partial charge in [-0.05, 0) is 62.1 Å². The van der Waals surface area contributed by atoms with Crippen LogP contribution in [0.25, 0.3) is 0 Å². The Morgan fingerprint density at radius 1 is 1.06 bits per heavy atom. The van der Waals surface area contributed by atoms with Crippen molar-refractivity contribution in [2.75, 3.05) is 13.1 Å². The summed E-state index contributed by atoms with van der Waals surface area (Å²) in [5.74, 6) is -0.0219. The van der Waals surface area contributed by atoms with Crippen LogP contribution < -0.4 is 0 Å². The zero-order valence-electron chi connectivity index (χ0n) is 20.4. The molecule has 0 aliphatic carbocycles. The molecule has 4 heterocycles. The molecule has 190 valence electrons. The highest BCUT2D eigenvalue weighted by Crippen LogP contribution is 2.38. The van der Waals surface area contributed by atoms with Crippen LogP contribution in [0.3, 0.4) is 0 Å². The second kappa shape index (κ2) is 10.4. The maximum absolute atomic E-state index is 13.9. The summed E-state index contributed by atoms with van der Waals surface area (Å²) in [5, 5.41) is 0.201. The monoisotopic (exact) mass is 526 g/mol. The Balaban J connectivity index is 1.45. The number of piperidine rings is 1. The maximum Gasteiger partial charge on any atom is 0.245 e. The van der Waals surface area contributed by atoms with E-state index in [1.54, 1.807) is 31.3 Å². The number of benzene rings is 1. The maximum atomic E-state index is 13.9. The van der Waals surface area contributed by atoms with Crippen LogP contribution in [0.15, 0.2) is 65.8 Å². The molecule has 2 aromatic heterocycles. The molecule has 1 amide bonds. The Morgan fingerprint density at radius 2 is 1.92 bits per heavy atom. The number of likely N-dealkylation sites (tertiary alicyclic amines) is 1. The number of fused-ring (bicyclic) bond motifs is 1. The molecule has 9 heteroatoms. The molecule has 36 heavy (non-hydrogen) atoms. The van der Waals surface area contributed by atoms with Gasteiger partial charge in [0.1, 0.15) is 4.90 Å². The van der Waals surface area contributed by atoms with Crippen LogP contribution in [0.5, 0.6) is 0 Å². The van der Waals surface area contributed by atoms with Gasteiger partial charge < -0.3 is 9.47 Å². The Hall–Kier alpha value is -2.68. The van der Waals surface area contributed by atoms with E-state index >= 15 is 0 Å². The Labute approximate surface area is 217 Å². The number of carbonyl (C=O) groups excluding carboxylic acids is 1. The highest BCUT2D eigenvalue weighted by atomic mass is 35.5. The third-order valence-corrected chi connectivity index (χ3v) is 9.87. The lowest BCUT2D eigenvalue weighted by Crippen LogP contribution is -2.48. The van der Waals surface area contributed by atoms with Gasteiger partial charge >= 0.3 is 0 Å². The topological polar surface area (TPSA) is 75.5 Å². The third-order valence-electron chi connectivity index (χ3n) is 7.33. The van der Waals surface area contributed by atoms with Crippen molar-refractivity contribution in [3.05, 3.63) is 82.9 Å². The van der Waals surface area contributed by atoms with Gasteiger partial charge in [0.15, 0.2) is 0 Å². The highest BCUT2D eigenvalue weighted by molar-refractivity contribution is 7.89. The molecular formula is C27H31ClN4O3S. The van der Waals surface area contributed by atoms with Crippen LogP contribution in [0.4, 0.5) is 0 Å². The molecule has 0 N–H and O–H groups in total. The number of hydrogen-bond acceptors (Lipinski definition) is 4. The van der Waals surface area contributed by atoms with E-state index in [-0.39, 0.29) is 34.8 Å². The fraction of sp³-hybridized carbons (Fsp3) is 0.407. The van der Waals surface area contributed by atoms with Crippen molar-refractivity contribution in [3.63, 3.8) is 0 Å². The predicted octanol–water partition coefficient (Wildman–Crippen LogP) is 4.60. The van der Waals surface area contributed by atoms with Gasteiger partial charge in [0.2, 0.25) is 15.9 Å². The van der Waals surface area contributed by atoms with Crippen LogP contribution >= 0.6 is 11.6 Å². The standard InChI is InChI=1S/C27H31ClN4O3S/c1-20-8-6-11-23(28)27(20)36(34,35)32-17-16-30-14-7-12-24(30)25(32)19-26(33)31-15-5-3-10-22(31)18-21-9-2-4-13-29-21/h2,4,6-9,11-14,22,25H,3,5,10,15-19H2,1H3. The summed E-state index contributed by atoms with van der Waals surface area (Å²) < 4.78 is 31.4. The Kier molecular flexibility index (Phi) is 7.19. The number of halogens is 1. The first-order valence-electron chi connectivity index (χ1n) is 12.5. The number of amides is 1. The summed E-state index contributed by atoms with van der Waals surface area (Å²) in [6.07, 6.45) is 7.46. The van der Waals surface area contributed by atoms with Crippen LogP contribution in [-0.2, 0) is 27.8 Å². The lowest BCUT2D eigenvalue weighted by molar-refractivity contribution is -0.136. The lowest BCUT2D eigenvalue weighted by atomic mass is 9.96. The largest absolute Gasteiger partial charge is 0.349 e. The Morgan fingerprint density at radius 3 is 2.69 bits per heavy atom. The van der Waals surface area contributed by atoms with Crippen molar-refractivity contribution in [2.24, 2.45) is 0 Å². The normalized spacial score (nSPS) is 20.8. The zero-order chi connectivity index (χ0) is 25.3. The smallest absolute Gasteiger partial charge is 0.245 e. The number of nitrogens with zero attached hydrogens (tertiary/aromatic N) is 4. The van der Waals surface area contributed by atoms with E-state index in [4.69, 9.17) is 11.6 Å². The second-order valence-corrected chi connectivity index (χ2v) is 11.8. The van der Waals surface area contributed by atoms with Gasteiger partial charge in [-0.15, -0.1) is 0 Å². The summed E-state index contributed by atoms with van der Waals surface area (Å²) >= 11 is 6.39. The molecule has 7 nitrogen and oxygen atoms in total. The van der Waals surface area contributed by atoms with Gasteiger partial charge in [-0.25, -0.2) is 8.42 Å². The summed E-state index contributed by atoms with van der Waals surface area (Å²) in [6.45, 7) is 3.24. The summed E-state index contributed by atoms with van der Waals surface area (Å²) in [6, 6.07) is 14.2. The van der Waals surface area contributed by atoms with Gasteiger partial charge in [0, 0.05) is 62.3 Å². The molecule has 5 rings (SSSR count). The van der Waals surface area contributed by atoms with Crippen LogP contribution in [0.1, 0.15) is 48.7 Å². The Bertz CT molecular complexity index is 1320. The van der Waals surface area contributed by atoms with E-state index in [9.17, 15) is 13.2 Å². The van der Waals surface area contributed by atoms with Gasteiger partial charge in [-0.1, -0.05) is 29.8 Å². The lowest BCUT2D eigenvalue weighted by Gasteiger charge is -2.40. The number of carbonyl (C=O) groups is 1. The van der Waals surface area contributed by atoms with Gasteiger partial charge in [-0.2, -0.15) is 4.31 Å². The fourth-order valence-corrected chi connectivity index (χ4v) is 7.96. The molecule has 3 aromatic rings. The van der Waals surface area contributed by atoms with E-state index in [0.717, 1.165) is 30.7 Å². The molecule has 1 fully saturated rings. The fourth-order valence-electron chi connectivity index (χ4n) is 5.58. The molecule has 2 atom stereocenters. The van der Waals surface area contributed by atoms with E-state index < -0.39 is 16.1 Å². The van der Waals surface area contributed by atoms with Crippen molar-refractivity contribution in [2.45, 2.75) is 62.6 Å². The SMILES string of the molecule is Cc1cccc(Cl)c1S(=O)(=O)N1CCn2cccc2C1CC(=O)N1CCCCC1Cc1ccccn1. The number of aromatic nitrogens is 2. The molecular weight excluding hydrogens is 496 g/mol. The van der Waals surface area contributed by atoms with Gasteiger partial charge in [-0.3, -0.25) is 9.78 Å². The zero-order valence-corrected chi connectivity index (χ0v) is 22.0. The van der Waals surface area contributed by atoms with Crippen molar-refractivity contribution in [1.29, 1.82) is 0 Å². The number of hydrogen-bond donors (Lipinski definition) is 0. The summed E-state index contributed by atoms with van der Waals surface area (Å²) in [4.78, 5) is 20.3. The quantitative estimate of drug-likeness (QED) is 0.470. The van der Waals surface area contributed by atoms with Crippen LogP contribution in [0.2, 0.25) is 5.02 Å². The molecule has 1 saturated heterocycles. The van der Waals surface area contributed by atoms with Gasteiger partial charge in [0.25, 0.3) is 0 Å². The number of rotatable bonds is 6. The van der Waals surface area contributed by atoms with Crippen molar-refractivity contribution >= 4 is 27.5 Å². The van der Waals surface area contributed by atoms with Crippen molar-refractivity contribution in [3.8, 4) is 0 Å². The van der Waals surface area contributed by atoms with E-state index in [2.05, 4.69) is 4.98 Å². The molecule has 0 saturated carbocycles. The minimum atomic E-state index is -3.92. The average molecular weight is 527 g/mol. The van der Waals surface area contributed by atoms with E-state index in [1.165, 1.54) is 4.31 Å². The average Bonchev–Trinajstić information content (AvgIpc) is 3.34. The van der Waals surface area contributed by atoms with E-state index in [0.29, 0.717) is 25.1 Å². The summed E-state index contributed by atoms with van der Waals surface area (Å²) in [7, 11) is -3.92. The number of aryl methyl sites for hydroxylation is 1. The predicted molar refractivity (Wildman–Crippen MR) is 139 cm³/mol. The van der Waals surface area contributed by atoms with Crippen molar-refractivity contribution < 1.29 is 13.2 Å². The van der Waals surface area contributed by atoms with Crippen molar-refractivity contribution in [1.82, 2.24) is 18.8 Å². The molecule has 0 bridgehead atoms. The first kappa shape index (κ1) is 25.0. The minimum absolute atomic E-state index is 0.0219.